The van der Waals surface area contributed by atoms with Gasteiger partial charge in [-0.15, -0.1) is 0 Å². The van der Waals surface area contributed by atoms with E-state index >= 15 is 0 Å². The van der Waals surface area contributed by atoms with Crippen molar-refractivity contribution in [2.45, 2.75) is 59.8 Å². The Balaban J connectivity index is 0. The fourth-order valence-electron chi connectivity index (χ4n) is 1.73. The largest absolute Gasteiger partial charge is 0.466 e. The van der Waals surface area contributed by atoms with Gasteiger partial charge in [-0.1, -0.05) is 39.7 Å². The Morgan fingerprint density at radius 2 is 1.53 bits per heavy atom. The zero-order valence-corrected chi connectivity index (χ0v) is 8.34. The molecule has 0 aromatic carbocycles. The van der Waals surface area contributed by atoms with Crippen LogP contribution < -0.4 is 0 Å². The normalized spacial score (nSPS) is 16.2. The first kappa shape index (κ1) is 16.6. The molecule has 15 heavy (non-hydrogen) atoms. The molecule has 0 unspecified atom stereocenters. The predicted molar refractivity (Wildman–Crippen MR) is 65.9 cm³/mol. The van der Waals surface area contributed by atoms with Crippen molar-refractivity contribution in [3.8, 4) is 0 Å². The Hall–Kier alpha value is -0.790. The lowest BCUT2D eigenvalue weighted by Crippen LogP contribution is -1.99. The molecular formula is C13H26O2. The van der Waals surface area contributed by atoms with E-state index < -0.39 is 0 Å². The molecule has 0 bridgehead atoms. The van der Waals surface area contributed by atoms with Gasteiger partial charge in [0, 0.05) is 6.08 Å². The first-order valence-electron chi connectivity index (χ1n) is 5.10. The lowest BCUT2D eigenvalue weighted by atomic mass is 9.96. The highest BCUT2D eigenvalue weighted by Crippen LogP contribution is 2.21. The van der Waals surface area contributed by atoms with E-state index in [1.165, 1.54) is 44.8 Å². The number of methoxy groups -OCH3 is 1. The predicted octanol–water partition coefficient (Wildman–Crippen LogP) is 4.10. The van der Waals surface area contributed by atoms with Gasteiger partial charge in [-0.2, -0.15) is 0 Å². The Morgan fingerprint density at radius 3 is 2.00 bits per heavy atom. The molecule has 2 nitrogen and oxygen atoms in total. The van der Waals surface area contributed by atoms with Gasteiger partial charge in [0.1, 0.15) is 0 Å². The lowest BCUT2D eigenvalue weighted by Gasteiger charge is -2.11. The Bertz CT molecular complexity index is 185. The molecule has 2 heteroatoms. The van der Waals surface area contributed by atoms with Crippen molar-refractivity contribution in [2.75, 3.05) is 7.11 Å². The third kappa shape index (κ3) is 7.18. The van der Waals surface area contributed by atoms with Gasteiger partial charge in [-0.25, -0.2) is 4.79 Å². The molecule has 0 aromatic rings. The topological polar surface area (TPSA) is 26.3 Å². The molecule has 1 aliphatic rings. The highest BCUT2D eigenvalue weighted by atomic mass is 16.5. The average molecular weight is 214 g/mol. The summed E-state index contributed by atoms with van der Waals surface area (Å²) in [5, 5.41) is 0. The molecule has 1 rings (SSSR count). The zero-order chi connectivity index (χ0) is 9.52. The standard InChI is InChI=1S/C11H18O2.2CH4/c1-13-11(12)9-10-7-5-3-2-4-6-8-10;;/h9H,2-8H2,1H3;2*1H4. The fourth-order valence-corrected chi connectivity index (χ4v) is 1.73. The number of carbonyl (C=O) groups excluding carboxylic acids is 1. The highest BCUT2D eigenvalue weighted by molar-refractivity contribution is 5.82. The zero-order valence-electron chi connectivity index (χ0n) is 8.34. The van der Waals surface area contributed by atoms with Gasteiger partial charge >= 0.3 is 5.97 Å². The van der Waals surface area contributed by atoms with Crippen LogP contribution in [-0.4, -0.2) is 13.1 Å². The molecule has 0 aromatic heterocycles. The summed E-state index contributed by atoms with van der Waals surface area (Å²) in [7, 11) is 1.43. The summed E-state index contributed by atoms with van der Waals surface area (Å²) in [4.78, 5) is 11.0. The summed E-state index contributed by atoms with van der Waals surface area (Å²) in [5.41, 5.74) is 1.27. The molecule has 0 aliphatic heterocycles. The van der Waals surface area contributed by atoms with Gasteiger partial charge in [-0.05, 0) is 25.7 Å². The summed E-state index contributed by atoms with van der Waals surface area (Å²) in [6, 6.07) is 0. The summed E-state index contributed by atoms with van der Waals surface area (Å²) >= 11 is 0. The smallest absolute Gasteiger partial charge is 0.330 e. The summed E-state index contributed by atoms with van der Waals surface area (Å²) in [6.07, 6.45) is 10.2. The molecule has 1 saturated carbocycles. The maximum absolute atomic E-state index is 11.0. The van der Waals surface area contributed by atoms with E-state index in [0.717, 1.165) is 12.8 Å². The van der Waals surface area contributed by atoms with Crippen LogP contribution in [0.25, 0.3) is 0 Å². The summed E-state index contributed by atoms with van der Waals surface area (Å²) < 4.78 is 4.61. The average Bonchev–Trinajstić information content (AvgIpc) is 2.09. The molecule has 0 N–H and O–H groups in total. The summed E-state index contributed by atoms with van der Waals surface area (Å²) in [5.74, 6) is -0.199. The number of allylic oxidation sites excluding steroid dienone is 1. The number of ether oxygens (including phenoxy) is 1. The second-order valence-corrected chi connectivity index (χ2v) is 3.59. The molecule has 0 atom stereocenters. The first-order valence-corrected chi connectivity index (χ1v) is 5.10. The van der Waals surface area contributed by atoms with E-state index in [-0.39, 0.29) is 20.8 Å². The summed E-state index contributed by atoms with van der Waals surface area (Å²) in [6.45, 7) is 0. The van der Waals surface area contributed by atoms with Crippen LogP contribution >= 0.6 is 0 Å². The van der Waals surface area contributed by atoms with Crippen LogP contribution in [0.2, 0.25) is 0 Å². The third-order valence-electron chi connectivity index (χ3n) is 2.52. The number of hydrogen-bond acceptors (Lipinski definition) is 2. The van der Waals surface area contributed by atoms with Crippen LogP contribution in [-0.2, 0) is 9.53 Å². The monoisotopic (exact) mass is 214 g/mol. The minimum Gasteiger partial charge on any atom is -0.466 e. The second-order valence-electron chi connectivity index (χ2n) is 3.59. The maximum Gasteiger partial charge on any atom is 0.330 e. The SMILES string of the molecule is C.C.COC(=O)C=C1CCCCCCC1. The number of rotatable bonds is 1. The van der Waals surface area contributed by atoms with Crippen molar-refractivity contribution in [2.24, 2.45) is 0 Å². The van der Waals surface area contributed by atoms with Gasteiger partial charge in [0.05, 0.1) is 7.11 Å². The second kappa shape index (κ2) is 9.75. The molecule has 0 radical (unpaired) electrons. The molecule has 0 spiro atoms. The van der Waals surface area contributed by atoms with Crippen LogP contribution in [0, 0.1) is 0 Å². The van der Waals surface area contributed by atoms with Crippen molar-refractivity contribution in [3.63, 3.8) is 0 Å². The molecule has 1 aliphatic carbocycles. The Morgan fingerprint density at radius 1 is 1.07 bits per heavy atom. The van der Waals surface area contributed by atoms with E-state index in [1.54, 1.807) is 6.08 Å². The number of carbonyl (C=O) groups is 1. The van der Waals surface area contributed by atoms with E-state index in [1.807, 2.05) is 0 Å². The Labute approximate surface area is 94.7 Å². The molecule has 90 valence electrons. The van der Waals surface area contributed by atoms with Gasteiger partial charge in [0.2, 0.25) is 0 Å². The maximum atomic E-state index is 11.0. The van der Waals surface area contributed by atoms with E-state index in [4.69, 9.17) is 0 Å². The Kier molecular flexibility index (Phi) is 10.8. The van der Waals surface area contributed by atoms with Crippen LogP contribution in [0.4, 0.5) is 0 Å². The highest BCUT2D eigenvalue weighted by Gasteiger charge is 2.05. The lowest BCUT2D eigenvalue weighted by molar-refractivity contribution is -0.134. The molecule has 0 heterocycles. The minimum absolute atomic E-state index is 0. The van der Waals surface area contributed by atoms with E-state index in [9.17, 15) is 4.79 Å². The van der Waals surface area contributed by atoms with Gasteiger partial charge in [0.25, 0.3) is 0 Å². The molecular weight excluding hydrogens is 188 g/mol. The third-order valence-corrected chi connectivity index (χ3v) is 2.52. The van der Waals surface area contributed by atoms with Crippen molar-refractivity contribution >= 4 is 5.97 Å². The van der Waals surface area contributed by atoms with Crippen molar-refractivity contribution in [1.29, 1.82) is 0 Å². The number of hydrogen-bond donors (Lipinski definition) is 0. The molecule has 0 amide bonds. The van der Waals surface area contributed by atoms with E-state index in [2.05, 4.69) is 4.74 Å². The van der Waals surface area contributed by atoms with Crippen molar-refractivity contribution in [3.05, 3.63) is 11.6 Å². The van der Waals surface area contributed by atoms with Crippen molar-refractivity contribution in [1.82, 2.24) is 0 Å². The van der Waals surface area contributed by atoms with Gasteiger partial charge in [0.15, 0.2) is 0 Å². The molecule has 0 saturated heterocycles. The van der Waals surface area contributed by atoms with Gasteiger partial charge < -0.3 is 4.74 Å². The van der Waals surface area contributed by atoms with Crippen LogP contribution in [0.5, 0.6) is 0 Å². The van der Waals surface area contributed by atoms with Crippen molar-refractivity contribution < 1.29 is 9.53 Å². The quantitative estimate of drug-likeness (QED) is 0.485. The first-order chi connectivity index (χ1) is 6.33. The molecule has 1 fully saturated rings. The van der Waals surface area contributed by atoms with Crippen LogP contribution in [0.15, 0.2) is 11.6 Å². The number of esters is 1. The van der Waals surface area contributed by atoms with Crippen LogP contribution in [0.1, 0.15) is 59.8 Å². The van der Waals surface area contributed by atoms with Crippen LogP contribution in [0.3, 0.4) is 0 Å². The minimum atomic E-state index is -0.199. The fraction of sp³-hybridized carbons (Fsp3) is 0.769. The van der Waals surface area contributed by atoms with Gasteiger partial charge in [-0.3, -0.25) is 0 Å². The van der Waals surface area contributed by atoms with E-state index in [0.29, 0.717) is 0 Å².